The summed E-state index contributed by atoms with van der Waals surface area (Å²) in [4.78, 5) is 0. The maximum absolute atomic E-state index is 9.73. The zero-order valence-electron chi connectivity index (χ0n) is 11.5. The highest BCUT2D eigenvalue weighted by Crippen LogP contribution is 2.19. The maximum atomic E-state index is 9.73. The van der Waals surface area contributed by atoms with Crippen LogP contribution in [0, 0.1) is 6.92 Å². The van der Waals surface area contributed by atoms with E-state index in [1.165, 1.54) is 11.1 Å². The van der Waals surface area contributed by atoms with E-state index >= 15 is 0 Å². The summed E-state index contributed by atoms with van der Waals surface area (Å²) in [5, 5.41) is 19.3. The summed E-state index contributed by atoms with van der Waals surface area (Å²) in [5.41, 5.74) is 2.36. The Morgan fingerprint density at radius 3 is 2.44 bits per heavy atom. The number of hydrogen-bond donors (Lipinski definition) is 2. The average Bonchev–Trinajstić information content (AvgIpc) is 2.36. The van der Waals surface area contributed by atoms with Crippen LogP contribution in [0.2, 0.25) is 0 Å². The van der Waals surface area contributed by atoms with Crippen LogP contribution in [0.3, 0.4) is 0 Å². The molecule has 1 rings (SSSR count). The number of aliphatic hydroxyl groups is 2. The van der Waals surface area contributed by atoms with Gasteiger partial charge in [-0.05, 0) is 56.4 Å². The summed E-state index contributed by atoms with van der Waals surface area (Å²) in [6.07, 6.45) is 0.693. The van der Waals surface area contributed by atoms with E-state index in [-0.39, 0.29) is 0 Å². The molecule has 0 saturated carbocycles. The fourth-order valence-electron chi connectivity index (χ4n) is 1.97. The van der Waals surface area contributed by atoms with Crippen molar-refractivity contribution in [1.82, 2.24) is 0 Å². The number of aryl methyl sites for hydroxylation is 2. The molecule has 0 aliphatic carbocycles. The third kappa shape index (κ3) is 4.31. The summed E-state index contributed by atoms with van der Waals surface area (Å²) in [6.45, 7) is 6.54. The Hall–Kier alpha value is -1.06. The van der Waals surface area contributed by atoms with Crippen LogP contribution in [0.15, 0.2) is 18.2 Å². The van der Waals surface area contributed by atoms with Crippen LogP contribution in [-0.4, -0.2) is 29.0 Å². The molecule has 0 radical (unpaired) electrons. The van der Waals surface area contributed by atoms with Crippen LogP contribution in [0.25, 0.3) is 0 Å². The van der Waals surface area contributed by atoms with Crippen molar-refractivity contribution in [3.63, 3.8) is 0 Å². The molecule has 2 N–H and O–H groups in total. The zero-order chi connectivity index (χ0) is 13.5. The Morgan fingerprint density at radius 2 is 1.89 bits per heavy atom. The SMILES string of the molecule is CCOc1ccc(CCC(O)C(O)CC)c(C)c1. The lowest BCUT2D eigenvalue weighted by molar-refractivity contribution is 0.0130. The summed E-state index contributed by atoms with van der Waals surface area (Å²) in [5.74, 6) is 0.882. The molecule has 18 heavy (non-hydrogen) atoms. The molecule has 0 aromatic heterocycles. The summed E-state index contributed by atoms with van der Waals surface area (Å²) >= 11 is 0. The Kier molecular flexibility index (Phi) is 6.16. The van der Waals surface area contributed by atoms with Crippen LogP contribution < -0.4 is 4.74 Å². The van der Waals surface area contributed by atoms with Gasteiger partial charge in [0.25, 0.3) is 0 Å². The van der Waals surface area contributed by atoms with E-state index in [9.17, 15) is 10.2 Å². The highest BCUT2D eigenvalue weighted by Gasteiger charge is 2.14. The van der Waals surface area contributed by atoms with Gasteiger partial charge in [0.15, 0.2) is 0 Å². The quantitative estimate of drug-likeness (QED) is 0.783. The van der Waals surface area contributed by atoms with Gasteiger partial charge in [-0.1, -0.05) is 13.0 Å². The summed E-state index contributed by atoms with van der Waals surface area (Å²) in [7, 11) is 0. The molecule has 2 unspecified atom stereocenters. The van der Waals surface area contributed by atoms with Gasteiger partial charge in [0.05, 0.1) is 18.8 Å². The first-order valence-electron chi connectivity index (χ1n) is 6.66. The highest BCUT2D eigenvalue weighted by atomic mass is 16.5. The number of hydrogen-bond acceptors (Lipinski definition) is 3. The molecule has 0 spiro atoms. The van der Waals surface area contributed by atoms with E-state index in [2.05, 4.69) is 0 Å². The minimum absolute atomic E-state index is 0.587. The molecule has 102 valence electrons. The third-order valence-corrected chi connectivity index (χ3v) is 3.20. The fourth-order valence-corrected chi connectivity index (χ4v) is 1.97. The predicted octanol–water partition coefficient (Wildman–Crippen LogP) is 2.46. The normalized spacial score (nSPS) is 14.3. The lowest BCUT2D eigenvalue weighted by Gasteiger charge is -2.16. The van der Waals surface area contributed by atoms with E-state index in [1.54, 1.807) is 0 Å². The van der Waals surface area contributed by atoms with Crippen molar-refractivity contribution in [2.45, 2.75) is 52.2 Å². The standard InChI is InChI=1S/C15H24O3/c1-4-14(16)15(17)9-7-12-6-8-13(18-5-2)10-11(12)3/h6,8,10,14-17H,4-5,7,9H2,1-3H3. The Balaban J connectivity index is 2.57. The van der Waals surface area contributed by atoms with Gasteiger partial charge in [-0.25, -0.2) is 0 Å². The molecule has 0 amide bonds. The first kappa shape index (κ1) is 15.0. The Labute approximate surface area is 109 Å². The number of benzene rings is 1. The molecule has 0 fully saturated rings. The largest absolute Gasteiger partial charge is 0.494 e. The molecule has 1 aromatic rings. The van der Waals surface area contributed by atoms with Crippen molar-refractivity contribution >= 4 is 0 Å². The number of ether oxygens (including phenoxy) is 1. The molecule has 0 aliphatic rings. The maximum Gasteiger partial charge on any atom is 0.119 e. The number of aliphatic hydroxyl groups excluding tert-OH is 2. The second-order valence-corrected chi connectivity index (χ2v) is 4.60. The summed E-state index contributed by atoms with van der Waals surface area (Å²) < 4.78 is 5.43. The van der Waals surface area contributed by atoms with Crippen molar-refractivity contribution in [2.75, 3.05) is 6.61 Å². The monoisotopic (exact) mass is 252 g/mol. The highest BCUT2D eigenvalue weighted by molar-refractivity contribution is 5.34. The van der Waals surface area contributed by atoms with Gasteiger partial charge in [0.2, 0.25) is 0 Å². The molecular formula is C15H24O3. The summed E-state index contributed by atoms with van der Waals surface area (Å²) in [6, 6.07) is 6.00. The molecule has 0 saturated heterocycles. The second kappa shape index (κ2) is 7.39. The molecule has 1 aromatic carbocycles. The zero-order valence-corrected chi connectivity index (χ0v) is 11.5. The van der Waals surface area contributed by atoms with E-state index in [0.717, 1.165) is 12.2 Å². The Bertz CT molecular complexity index is 363. The van der Waals surface area contributed by atoms with Gasteiger partial charge in [-0.2, -0.15) is 0 Å². The van der Waals surface area contributed by atoms with Crippen LogP contribution >= 0.6 is 0 Å². The fraction of sp³-hybridized carbons (Fsp3) is 0.600. The molecule has 3 heteroatoms. The van der Waals surface area contributed by atoms with E-state index in [4.69, 9.17) is 4.74 Å². The average molecular weight is 252 g/mol. The van der Waals surface area contributed by atoms with Crippen molar-refractivity contribution in [3.8, 4) is 5.75 Å². The molecule has 0 aliphatic heterocycles. The first-order valence-corrected chi connectivity index (χ1v) is 6.66. The number of rotatable bonds is 7. The van der Waals surface area contributed by atoms with Gasteiger partial charge in [-0.3, -0.25) is 0 Å². The smallest absolute Gasteiger partial charge is 0.119 e. The molecule has 0 bridgehead atoms. The van der Waals surface area contributed by atoms with Gasteiger partial charge < -0.3 is 14.9 Å². The second-order valence-electron chi connectivity index (χ2n) is 4.60. The minimum atomic E-state index is -0.638. The van der Waals surface area contributed by atoms with E-state index < -0.39 is 12.2 Å². The topological polar surface area (TPSA) is 49.7 Å². The van der Waals surface area contributed by atoms with E-state index in [1.807, 2.05) is 39.0 Å². The molecular weight excluding hydrogens is 228 g/mol. The van der Waals surface area contributed by atoms with Crippen LogP contribution in [0.5, 0.6) is 5.75 Å². The van der Waals surface area contributed by atoms with Gasteiger partial charge in [0, 0.05) is 0 Å². The Morgan fingerprint density at radius 1 is 1.17 bits per heavy atom. The van der Waals surface area contributed by atoms with Crippen molar-refractivity contribution in [3.05, 3.63) is 29.3 Å². The van der Waals surface area contributed by atoms with Crippen molar-refractivity contribution in [1.29, 1.82) is 0 Å². The van der Waals surface area contributed by atoms with Crippen LogP contribution in [0.1, 0.15) is 37.8 Å². The van der Waals surface area contributed by atoms with Gasteiger partial charge in [0.1, 0.15) is 5.75 Å². The van der Waals surface area contributed by atoms with Crippen molar-refractivity contribution < 1.29 is 14.9 Å². The van der Waals surface area contributed by atoms with E-state index in [0.29, 0.717) is 19.4 Å². The van der Waals surface area contributed by atoms with Gasteiger partial charge >= 0.3 is 0 Å². The first-order chi connectivity index (χ1) is 8.58. The van der Waals surface area contributed by atoms with Crippen LogP contribution in [0.4, 0.5) is 0 Å². The lowest BCUT2D eigenvalue weighted by Crippen LogP contribution is -2.25. The molecule has 0 heterocycles. The van der Waals surface area contributed by atoms with Gasteiger partial charge in [-0.15, -0.1) is 0 Å². The predicted molar refractivity (Wildman–Crippen MR) is 73.0 cm³/mol. The van der Waals surface area contributed by atoms with Crippen molar-refractivity contribution in [2.24, 2.45) is 0 Å². The molecule has 3 nitrogen and oxygen atoms in total. The van der Waals surface area contributed by atoms with Crippen LogP contribution in [-0.2, 0) is 6.42 Å². The minimum Gasteiger partial charge on any atom is -0.494 e. The lowest BCUT2D eigenvalue weighted by atomic mass is 9.99. The molecule has 2 atom stereocenters. The third-order valence-electron chi connectivity index (χ3n) is 3.20.